The van der Waals surface area contributed by atoms with Crippen molar-refractivity contribution in [1.82, 2.24) is 10.3 Å². The zero-order chi connectivity index (χ0) is 15.4. The predicted octanol–water partition coefficient (Wildman–Crippen LogP) is 4.03. The Morgan fingerprint density at radius 2 is 2.00 bits per heavy atom. The van der Waals surface area contributed by atoms with Crippen molar-refractivity contribution < 1.29 is 4.79 Å². The smallest absolute Gasteiger partial charge is 0.253 e. The first kappa shape index (κ1) is 15.8. The van der Waals surface area contributed by atoms with Crippen molar-refractivity contribution in [2.24, 2.45) is 0 Å². The molecular formula is C15H15BrClN3O. The van der Waals surface area contributed by atoms with Crippen molar-refractivity contribution >= 4 is 39.3 Å². The minimum Gasteiger partial charge on any atom is -0.373 e. The third-order valence-electron chi connectivity index (χ3n) is 3.07. The van der Waals surface area contributed by atoms with E-state index in [0.29, 0.717) is 16.4 Å². The Morgan fingerprint density at radius 3 is 2.62 bits per heavy atom. The van der Waals surface area contributed by atoms with Gasteiger partial charge in [0.2, 0.25) is 0 Å². The molecule has 1 heterocycles. The van der Waals surface area contributed by atoms with Crippen LogP contribution in [0, 0.1) is 0 Å². The third-order valence-corrected chi connectivity index (χ3v) is 3.90. The van der Waals surface area contributed by atoms with Gasteiger partial charge in [-0.15, -0.1) is 0 Å². The molecule has 0 aliphatic heterocycles. The highest BCUT2D eigenvalue weighted by atomic mass is 79.9. The summed E-state index contributed by atoms with van der Waals surface area (Å²) in [5, 5.41) is 6.14. The average molecular weight is 369 g/mol. The van der Waals surface area contributed by atoms with E-state index in [1.54, 1.807) is 13.1 Å². The van der Waals surface area contributed by atoms with Crippen molar-refractivity contribution in [1.29, 1.82) is 0 Å². The van der Waals surface area contributed by atoms with Gasteiger partial charge >= 0.3 is 0 Å². The van der Waals surface area contributed by atoms with Gasteiger partial charge < -0.3 is 10.6 Å². The summed E-state index contributed by atoms with van der Waals surface area (Å²) in [6, 6.07) is 9.32. The Balaban J connectivity index is 2.15. The number of rotatable bonds is 4. The molecule has 1 aromatic carbocycles. The molecule has 1 atom stereocenters. The molecule has 2 N–H and O–H groups in total. The molecule has 0 saturated heterocycles. The van der Waals surface area contributed by atoms with E-state index in [0.717, 1.165) is 10.0 Å². The monoisotopic (exact) mass is 367 g/mol. The fourth-order valence-corrected chi connectivity index (χ4v) is 2.31. The highest BCUT2D eigenvalue weighted by molar-refractivity contribution is 9.10. The van der Waals surface area contributed by atoms with E-state index >= 15 is 0 Å². The van der Waals surface area contributed by atoms with E-state index in [1.807, 2.05) is 31.2 Å². The Morgan fingerprint density at radius 1 is 1.33 bits per heavy atom. The van der Waals surface area contributed by atoms with E-state index in [-0.39, 0.29) is 11.9 Å². The first-order chi connectivity index (χ1) is 10.0. The number of aromatic nitrogens is 1. The van der Waals surface area contributed by atoms with Gasteiger partial charge in [-0.3, -0.25) is 4.79 Å². The van der Waals surface area contributed by atoms with Crippen LogP contribution in [0.15, 0.2) is 41.0 Å². The number of nitrogens with one attached hydrogen (secondary N) is 2. The van der Waals surface area contributed by atoms with Crippen molar-refractivity contribution in [3.63, 3.8) is 0 Å². The van der Waals surface area contributed by atoms with Crippen LogP contribution in [0.4, 0.5) is 5.82 Å². The Bertz CT molecular complexity index is 646. The maximum atomic E-state index is 12.3. The number of anilines is 1. The average Bonchev–Trinajstić information content (AvgIpc) is 2.48. The Hall–Kier alpha value is -1.59. The van der Waals surface area contributed by atoms with Gasteiger partial charge in [0.1, 0.15) is 5.82 Å². The Kier molecular flexibility index (Phi) is 5.20. The summed E-state index contributed by atoms with van der Waals surface area (Å²) < 4.78 is 1.00. The van der Waals surface area contributed by atoms with Crippen LogP contribution in [0.2, 0.25) is 5.02 Å². The van der Waals surface area contributed by atoms with Crippen LogP contribution in [-0.4, -0.2) is 17.9 Å². The van der Waals surface area contributed by atoms with Crippen molar-refractivity contribution in [2.45, 2.75) is 13.0 Å². The number of hydrogen-bond acceptors (Lipinski definition) is 3. The quantitative estimate of drug-likeness (QED) is 0.856. The van der Waals surface area contributed by atoms with E-state index in [4.69, 9.17) is 11.6 Å². The molecule has 4 nitrogen and oxygen atoms in total. The molecule has 1 unspecified atom stereocenters. The topological polar surface area (TPSA) is 54.0 Å². The van der Waals surface area contributed by atoms with Crippen LogP contribution < -0.4 is 10.6 Å². The summed E-state index contributed by atoms with van der Waals surface area (Å²) in [6.07, 6.45) is 1.46. The second kappa shape index (κ2) is 6.91. The fourth-order valence-electron chi connectivity index (χ4n) is 1.86. The molecule has 0 aliphatic carbocycles. The minimum atomic E-state index is -0.227. The van der Waals surface area contributed by atoms with E-state index in [2.05, 4.69) is 31.5 Å². The summed E-state index contributed by atoms with van der Waals surface area (Å²) in [7, 11) is 1.74. The van der Waals surface area contributed by atoms with Gasteiger partial charge in [-0.05, 0) is 30.7 Å². The molecule has 0 radical (unpaired) electrons. The fraction of sp³-hybridized carbons (Fsp3) is 0.200. The maximum absolute atomic E-state index is 12.3. The summed E-state index contributed by atoms with van der Waals surface area (Å²) >= 11 is 9.43. The van der Waals surface area contributed by atoms with Gasteiger partial charge in [0, 0.05) is 17.7 Å². The number of pyridine rings is 1. The molecule has 110 valence electrons. The summed E-state index contributed by atoms with van der Waals surface area (Å²) in [6.45, 7) is 1.93. The molecule has 0 aliphatic rings. The lowest BCUT2D eigenvalue weighted by atomic mass is 10.1. The number of nitrogens with zero attached hydrogens (tertiary/aromatic N) is 1. The highest BCUT2D eigenvalue weighted by Crippen LogP contribution is 2.20. The molecule has 2 aromatic rings. The SMILES string of the molecule is CNc1cc(C(=O)NC(C)c2ccc(Br)cc2)c(Cl)cn1. The van der Waals surface area contributed by atoms with Crippen LogP contribution in [-0.2, 0) is 0 Å². The van der Waals surface area contributed by atoms with Gasteiger partial charge in [-0.1, -0.05) is 39.7 Å². The maximum Gasteiger partial charge on any atom is 0.253 e. The lowest BCUT2D eigenvalue weighted by molar-refractivity contribution is 0.0940. The molecule has 0 saturated carbocycles. The van der Waals surface area contributed by atoms with Crippen LogP contribution in [0.5, 0.6) is 0 Å². The van der Waals surface area contributed by atoms with Crippen molar-refractivity contribution in [3.8, 4) is 0 Å². The van der Waals surface area contributed by atoms with Crippen LogP contribution in [0.25, 0.3) is 0 Å². The normalized spacial score (nSPS) is 11.8. The lowest BCUT2D eigenvalue weighted by Crippen LogP contribution is -2.27. The molecule has 1 amide bonds. The molecular weight excluding hydrogens is 354 g/mol. The van der Waals surface area contributed by atoms with Crippen molar-refractivity contribution in [2.75, 3.05) is 12.4 Å². The largest absolute Gasteiger partial charge is 0.373 e. The van der Waals surface area contributed by atoms with E-state index in [9.17, 15) is 4.79 Å². The number of carbonyl (C=O) groups is 1. The molecule has 0 bridgehead atoms. The molecule has 0 fully saturated rings. The number of amides is 1. The molecule has 1 aromatic heterocycles. The highest BCUT2D eigenvalue weighted by Gasteiger charge is 2.15. The zero-order valence-corrected chi connectivity index (χ0v) is 14.0. The van der Waals surface area contributed by atoms with E-state index < -0.39 is 0 Å². The lowest BCUT2D eigenvalue weighted by Gasteiger charge is -2.15. The molecule has 6 heteroatoms. The Labute approximate surface area is 137 Å². The molecule has 2 rings (SSSR count). The first-order valence-corrected chi connectivity index (χ1v) is 7.58. The summed E-state index contributed by atoms with van der Waals surface area (Å²) in [4.78, 5) is 16.4. The number of benzene rings is 1. The van der Waals surface area contributed by atoms with Gasteiger partial charge in [0.05, 0.1) is 16.6 Å². The van der Waals surface area contributed by atoms with Crippen molar-refractivity contribution in [3.05, 3.63) is 57.2 Å². The van der Waals surface area contributed by atoms with Gasteiger partial charge in [-0.2, -0.15) is 0 Å². The minimum absolute atomic E-state index is 0.118. The van der Waals surface area contributed by atoms with Crippen LogP contribution in [0.3, 0.4) is 0 Å². The third kappa shape index (κ3) is 3.95. The number of carbonyl (C=O) groups excluding carboxylic acids is 1. The van der Waals surface area contributed by atoms with Gasteiger partial charge in [0.25, 0.3) is 5.91 Å². The van der Waals surface area contributed by atoms with Gasteiger partial charge in [-0.25, -0.2) is 4.98 Å². The standard InChI is InChI=1S/C15H15BrClN3O/c1-9(10-3-5-11(16)6-4-10)20-15(21)12-7-14(18-2)19-8-13(12)17/h3-9H,1-2H3,(H,18,19)(H,20,21). The predicted molar refractivity (Wildman–Crippen MR) is 88.8 cm³/mol. The van der Waals surface area contributed by atoms with E-state index in [1.165, 1.54) is 6.20 Å². The number of hydrogen-bond donors (Lipinski definition) is 2. The number of halogens is 2. The zero-order valence-electron chi connectivity index (χ0n) is 11.7. The summed E-state index contributed by atoms with van der Waals surface area (Å²) in [5.74, 6) is 0.371. The second-order valence-electron chi connectivity index (χ2n) is 4.55. The van der Waals surface area contributed by atoms with Crippen LogP contribution in [0.1, 0.15) is 28.9 Å². The molecule has 0 spiro atoms. The summed E-state index contributed by atoms with van der Waals surface area (Å²) in [5.41, 5.74) is 1.42. The second-order valence-corrected chi connectivity index (χ2v) is 5.87. The molecule has 21 heavy (non-hydrogen) atoms. The van der Waals surface area contributed by atoms with Gasteiger partial charge in [0.15, 0.2) is 0 Å². The van der Waals surface area contributed by atoms with Crippen LogP contribution >= 0.6 is 27.5 Å². The first-order valence-electron chi connectivity index (χ1n) is 6.41.